The zero-order valence-corrected chi connectivity index (χ0v) is 10.2. The number of hydrogen-bond acceptors (Lipinski definition) is 2. The predicted molar refractivity (Wildman–Crippen MR) is 62.9 cm³/mol. The molecule has 0 radical (unpaired) electrons. The van der Waals surface area contributed by atoms with E-state index in [0.29, 0.717) is 0 Å². The van der Waals surface area contributed by atoms with Crippen LogP contribution < -0.4 is 0 Å². The summed E-state index contributed by atoms with van der Waals surface area (Å²) < 4.78 is 0. The maximum absolute atomic E-state index is 2.45. The fraction of sp³-hybridized carbons (Fsp3) is 1.00. The molecule has 0 aromatic carbocycles. The molecule has 4 aliphatic rings. The lowest BCUT2D eigenvalue weighted by atomic mass is 10.1. The average molecular weight is 208 g/mol. The number of likely N-dealkylation sites (tertiary alicyclic amines) is 2. The van der Waals surface area contributed by atoms with Gasteiger partial charge in [0.1, 0.15) is 0 Å². The van der Waals surface area contributed by atoms with E-state index >= 15 is 0 Å². The third kappa shape index (κ3) is 2.21. The summed E-state index contributed by atoms with van der Waals surface area (Å²) in [6.45, 7) is 5.49. The van der Waals surface area contributed by atoms with Crippen molar-refractivity contribution >= 4 is 0 Å². The number of piperidine rings is 1. The Hall–Kier alpha value is -0.0800. The standard InChI is InChI=1S/C7H13N.C6H11N/c1-8-5-4-7(6-8)2-3-7;1-7-3-5-2-6(5)4-7/h2-6H2,1H3;5-6H,2-4H2,1H3. The topological polar surface area (TPSA) is 6.48 Å². The highest BCUT2D eigenvalue weighted by Crippen LogP contribution is 2.52. The van der Waals surface area contributed by atoms with Crippen LogP contribution in [0.1, 0.15) is 25.7 Å². The molecular formula is C13H24N2. The van der Waals surface area contributed by atoms with Crippen LogP contribution in [0.25, 0.3) is 0 Å². The first-order valence-corrected chi connectivity index (χ1v) is 6.54. The van der Waals surface area contributed by atoms with Crippen LogP contribution in [0.3, 0.4) is 0 Å². The van der Waals surface area contributed by atoms with Crippen LogP contribution in [0.2, 0.25) is 0 Å². The summed E-state index contributed by atoms with van der Waals surface area (Å²) in [6, 6.07) is 0. The molecule has 2 unspecified atom stereocenters. The van der Waals surface area contributed by atoms with E-state index in [1.165, 1.54) is 51.9 Å². The van der Waals surface area contributed by atoms with Crippen molar-refractivity contribution in [3.63, 3.8) is 0 Å². The van der Waals surface area contributed by atoms with Crippen molar-refractivity contribution in [3.8, 4) is 0 Å². The smallest absolute Gasteiger partial charge is 0.00354 e. The van der Waals surface area contributed by atoms with Gasteiger partial charge in [-0.15, -0.1) is 0 Å². The van der Waals surface area contributed by atoms with Gasteiger partial charge in [0, 0.05) is 19.6 Å². The highest BCUT2D eigenvalue weighted by molar-refractivity contribution is 4.99. The quantitative estimate of drug-likeness (QED) is 0.597. The first-order valence-electron chi connectivity index (χ1n) is 6.54. The van der Waals surface area contributed by atoms with E-state index in [0.717, 1.165) is 17.3 Å². The first kappa shape index (κ1) is 10.1. The molecule has 2 aliphatic heterocycles. The molecule has 0 aromatic heterocycles. The molecule has 0 bridgehead atoms. The highest BCUT2D eigenvalue weighted by atomic mass is 15.1. The van der Waals surface area contributed by atoms with E-state index in [1.54, 1.807) is 0 Å². The van der Waals surface area contributed by atoms with Crippen LogP contribution in [0.15, 0.2) is 0 Å². The lowest BCUT2D eigenvalue weighted by Gasteiger charge is -2.06. The number of nitrogens with zero attached hydrogens (tertiary/aromatic N) is 2. The number of fused-ring (bicyclic) bond motifs is 1. The molecule has 15 heavy (non-hydrogen) atoms. The molecule has 1 spiro atoms. The highest BCUT2D eigenvalue weighted by Gasteiger charge is 2.46. The molecule has 0 amide bonds. The van der Waals surface area contributed by atoms with Crippen LogP contribution in [0.5, 0.6) is 0 Å². The van der Waals surface area contributed by atoms with Crippen molar-refractivity contribution in [3.05, 3.63) is 0 Å². The molecular weight excluding hydrogens is 184 g/mol. The summed E-state index contributed by atoms with van der Waals surface area (Å²) in [7, 11) is 4.44. The van der Waals surface area contributed by atoms with Crippen molar-refractivity contribution in [2.24, 2.45) is 17.3 Å². The number of hydrogen-bond donors (Lipinski definition) is 0. The molecule has 4 fully saturated rings. The summed E-state index contributed by atoms with van der Waals surface area (Å²) in [5, 5.41) is 0. The molecule has 2 aliphatic carbocycles. The summed E-state index contributed by atoms with van der Waals surface area (Å²) in [6.07, 6.45) is 6.03. The Balaban J connectivity index is 0.0000000971. The summed E-state index contributed by atoms with van der Waals surface area (Å²) in [4.78, 5) is 4.88. The second-order valence-corrected chi connectivity index (χ2v) is 6.46. The van der Waals surface area contributed by atoms with E-state index < -0.39 is 0 Å². The molecule has 2 heterocycles. The fourth-order valence-corrected chi connectivity index (χ4v) is 3.38. The minimum atomic E-state index is 0.842. The van der Waals surface area contributed by atoms with E-state index in [4.69, 9.17) is 0 Å². The molecule has 0 aromatic rings. The van der Waals surface area contributed by atoms with Gasteiger partial charge in [-0.25, -0.2) is 0 Å². The average Bonchev–Trinajstić information content (AvgIpc) is 3.01. The Morgan fingerprint density at radius 2 is 1.60 bits per heavy atom. The van der Waals surface area contributed by atoms with E-state index in [-0.39, 0.29) is 0 Å². The van der Waals surface area contributed by atoms with Gasteiger partial charge in [-0.2, -0.15) is 0 Å². The third-order valence-electron chi connectivity index (χ3n) is 4.75. The Morgan fingerprint density at radius 3 is 1.87 bits per heavy atom. The Kier molecular flexibility index (Phi) is 2.33. The molecule has 2 atom stereocenters. The fourth-order valence-electron chi connectivity index (χ4n) is 3.38. The third-order valence-corrected chi connectivity index (χ3v) is 4.75. The normalized spacial score (nSPS) is 41.2. The van der Waals surface area contributed by atoms with Crippen LogP contribution in [-0.4, -0.2) is 50.1 Å². The molecule has 2 saturated carbocycles. The van der Waals surface area contributed by atoms with Gasteiger partial charge >= 0.3 is 0 Å². The maximum Gasteiger partial charge on any atom is 0.00354 e. The summed E-state index contributed by atoms with van der Waals surface area (Å²) >= 11 is 0. The van der Waals surface area contributed by atoms with Gasteiger partial charge in [-0.3, -0.25) is 0 Å². The monoisotopic (exact) mass is 208 g/mol. The van der Waals surface area contributed by atoms with Gasteiger partial charge in [0.15, 0.2) is 0 Å². The summed E-state index contributed by atoms with van der Waals surface area (Å²) in [5.41, 5.74) is 0.842. The maximum atomic E-state index is 2.45. The van der Waals surface area contributed by atoms with Gasteiger partial charge in [-0.1, -0.05) is 0 Å². The van der Waals surface area contributed by atoms with Crippen molar-refractivity contribution in [1.29, 1.82) is 0 Å². The second-order valence-electron chi connectivity index (χ2n) is 6.46. The second kappa shape index (κ2) is 3.46. The van der Waals surface area contributed by atoms with E-state index in [9.17, 15) is 0 Å². The Bertz CT molecular complexity index is 237. The lowest BCUT2D eigenvalue weighted by Crippen LogP contribution is -2.15. The zero-order chi connectivity index (χ0) is 10.5. The Morgan fingerprint density at radius 1 is 0.933 bits per heavy atom. The first-order chi connectivity index (χ1) is 7.17. The van der Waals surface area contributed by atoms with Crippen molar-refractivity contribution in [2.75, 3.05) is 40.3 Å². The van der Waals surface area contributed by atoms with Gasteiger partial charge in [-0.05, 0) is 63.6 Å². The molecule has 2 nitrogen and oxygen atoms in total. The Labute approximate surface area is 93.6 Å². The van der Waals surface area contributed by atoms with Crippen molar-refractivity contribution in [2.45, 2.75) is 25.7 Å². The van der Waals surface area contributed by atoms with Gasteiger partial charge in [0.25, 0.3) is 0 Å². The van der Waals surface area contributed by atoms with Crippen molar-refractivity contribution < 1.29 is 0 Å². The minimum Gasteiger partial charge on any atom is -0.306 e. The van der Waals surface area contributed by atoms with Gasteiger partial charge in [0.05, 0.1) is 0 Å². The van der Waals surface area contributed by atoms with E-state index in [1.807, 2.05) is 0 Å². The molecule has 2 heteroatoms. The minimum absolute atomic E-state index is 0.842. The van der Waals surface area contributed by atoms with E-state index in [2.05, 4.69) is 23.9 Å². The largest absolute Gasteiger partial charge is 0.306 e. The van der Waals surface area contributed by atoms with Gasteiger partial charge < -0.3 is 9.80 Å². The van der Waals surface area contributed by atoms with Crippen LogP contribution >= 0.6 is 0 Å². The van der Waals surface area contributed by atoms with Crippen LogP contribution in [0, 0.1) is 17.3 Å². The molecule has 4 rings (SSSR count). The zero-order valence-electron chi connectivity index (χ0n) is 10.2. The van der Waals surface area contributed by atoms with Gasteiger partial charge in [0.2, 0.25) is 0 Å². The summed E-state index contributed by atoms with van der Waals surface area (Å²) in [5.74, 6) is 2.23. The molecule has 86 valence electrons. The lowest BCUT2D eigenvalue weighted by molar-refractivity contribution is 0.373. The van der Waals surface area contributed by atoms with Crippen molar-refractivity contribution in [1.82, 2.24) is 9.80 Å². The molecule has 0 N–H and O–H groups in total. The SMILES string of the molecule is CN1CC2CC2C1.CN1CCC2(CC2)C1. The van der Waals surface area contributed by atoms with Crippen LogP contribution in [-0.2, 0) is 0 Å². The van der Waals surface area contributed by atoms with Crippen LogP contribution in [0.4, 0.5) is 0 Å². The predicted octanol–water partition coefficient (Wildman–Crippen LogP) is 1.67. The molecule has 2 saturated heterocycles. The number of rotatable bonds is 0.